The summed E-state index contributed by atoms with van der Waals surface area (Å²) in [6.07, 6.45) is 17.2. The van der Waals surface area contributed by atoms with Crippen molar-refractivity contribution >= 4 is 29.0 Å². The van der Waals surface area contributed by atoms with Crippen molar-refractivity contribution in [3.05, 3.63) is 101 Å². The molecule has 3 saturated heterocycles. The molecule has 1 aromatic heterocycles. The van der Waals surface area contributed by atoms with Gasteiger partial charge < -0.3 is 15.1 Å². The number of hydrogen-bond acceptors (Lipinski definition) is 6. The molecule has 1 N–H and O–H groups in total. The second kappa shape index (κ2) is 21.2. The van der Waals surface area contributed by atoms with Gasteiger partial charge in [0.25, 0.3) is 0 Å². The molecule has 5 heterocycles. The fourth-order valence-electron chi connectivity index (χ4n) is 9.18. The number of aryl methyl sites for hydroxylation is 2. The average molecular weight is 807 g/mol. The maximum absolute atomic E-state index is 14.5. The van der Waals surface area contributed by atoms with Crippen molar-refractivity contribution in [3.8, 4) is 12.3 Å². The fourth-order valence-corrected chi connectivity index (χ4v) is 9.18. The molecule has 0 aliphatic carbocycles. The van der Waals surface area contributed by atoms with Crippen LogP contribution in [0.5, 0.6) is 0 Å². The highest BCUT2D eigenvalue weighted by Crippen LogP contribution is 2.37. The summed E-state index contributed by atoms with van der Waals surface area (Å²) in [5.41, 5.74) is 5.64. The van der Waals surface area contributed by atoms with Gasteiger partial charge in [0.1, 0.15) is 29.5 Å². The molecule has 0 amide bonds. The first-order chi connectivity index (χ1) is 28.2. The van der Waals surface area contributed by atoms with Gasteiger partial charge in [0, 0.05) is 85.3 Å². The van der Waals surface area contributed by atoms with Gasteiger partial charge in [-0.15, -0.1) is 19.6 Å². The zero-order valence-corrected chi connectivity index (χ0v) is 37.7. The van der Waals surface area contributed by atoms with E-state index < -0.39 is 6.17 Å². The van der Waals surface area contributed by atoms with Gasteiger partial charge >= 0.3 is 0 Å². The number of anilines is 1. The van der Waals surface area contributed by atoms with Crippen LogP contribution in [0.15, 0.2) is 67.5 Å². The zero-order valence-electron chi connectivity index (χ0n) is 37.7. The van der Waals surface area contributed by atoms with Gasteiger partial charge in [-0.25, -0.2) is 18.7 Å². The molecule has 3 aromatic rings. The van der Waals surface area contributed by atoms with E-state index in [2.05, 4.69) is 123 Å². The second-order valence-corrected chi connectivity index (χ2v) is 18.0. The van der Waals surface area contributed by atoms with Crippen LogP contribution in [0.3, 0.4) is 0 Å². The lowest BCUT2D eigenvalue weighted by molar-refractivity contribution is 0.167. The van der Waals surface area contributed by atoms with E-state index in [9.17, 15) is 8.78 Å². The topological polar surface area (TPSA) is 47.5 Å². The molecular weight excluding hydrogens is 735 g/mol. The standard InChI is InChI=1S/C40H52FN5.C7H10FN.C2H6.C2H4/c1-10-30-13-11-14-31-21-27(2)22-35(37(30)31)40(8,9)18-17-34-36(24-41)43-29(4)44-38(34)45-25-32-15-16-33(26-45)46(32)20-12-19-42-28(3)23-39(5,6)7;8-6-4-7-2-1-3-9(7)5-6;2*1-2/h1,11,13-14,17,21-22,24,32-33,42H,3,12,15-16,18-20,23,25-26H2,2,4-9H3;2,6H,1,3-5H2;1-2H3;1-2H2/b34-17+,36-24-;;;. The predicted octanol–water partition coefficient (Wildman–Crippen LogP) is 9.81. The molecule has 320 valence electrons. The van der Waals surface area contributed by atoms with Crippen LogP contribution < -0.4 is 20.8 Å². The Hall–Kier alpha value is -4.48. The number of hydrogen-bond donors (Lipinski definition) is 1. The SMILES string of the molecule is C#Cc1cccc2cc(C)cc(C(C)(C)C/C=c3/c(N4CC5CCC(C4)N5CCCNC(=C)CC(C)(C)C)nc(C)n/c3=C\F)c12.C=C.CC.FC1CC2=CCCN2C1. The highest BCUT2D eigenvalue weighted by molar-refractivity contribution is 5.92. The summed E-state index contributed by atoms with van der Waals surface area (Å²) in [4.78, 5) is 16.7. The van der Waals surface area contributed by atoms with Crippen molar-refractivity contribution in [1.82, 2.24) is 25.1 Å². The number of piperazine rings is 1. The summed E-state index contributed by atoms with van der Waals surface area (Å²) in [5.74, 6) is 4.34. The van der Waals surface area contributed by atoms with Crippen LogP contribution in [0.1, 0.15) is 116 Å². The predicted molar refractivity (Wildman–Crippen MR) is 248 cm³/mol. The minimum Gasteiger partial charge on any atom is -0.389 e. The van der Waals surface area contributed by atoms with Crippen LogP contribution in [-0.4, -0.2) is 77.3 Å². The number of benzene rings is 2. The Morgan fingerprint density at radius 1 is 1.02 bits per heavy atom. The minimum absolute atomic E-state index is 0.241. The van der Waals surface area contributed by atoms with E-state index in [0.717, 1.165) is 85.1 Å². The van der Waals surface area contributed by atoms with Crippen LogP contribution >= 0.6 is 0 Å². The number of halogens is 2. The molecule has 4 aliphatic rings. The highest BCUT2D eigenvalue weighted by atomic mass is 19.1. The van der Waals surface area contributed by atoms with Crippen molar-refractivity contribution < 1.29 is 8.78 Å². The first-order valence-corrected chi connectivity index (χ1v) is 21.8. The maximum atomic E-state index is 14.5. The molecule has 3 unspecified atom stereocenters. The minimum atomic E-state index is -0.587. The lowest BCUT2D eigenvalue weighted by Crippen LogP contribution is -2.56. The average Bonchev–Trinajstić information content (AvgIpc) is 3.85. The Bertz CT molecular complexity index is 2080. The largest absolute Gasteiger partial charge is 0.389 e. The van der Waals surface area contributed by atoms with Crippen molar-refractivity contribution in [2.75, 3.05) is 44.2 Å². The molecule has 0 radical (unpaired) electrons. The molecule has 3 fully saturated rings. The zero-order chi connectivity index (χ0) is 43.5. The number of rotatable bonds is 10. The summed E-state index contributed by atoms with van der Waals surface area (Å²) in [6.45, 7) is 34.9. The Balaban J connectivity index is 0.000000506. The first-order valence-electron chi connectivity index (χ1n) is 21.8. The molecular formula is C51H72F2N6. The van der Waals surface area contributed by atoms with Gasteiger partial charge in [-0.3, -0.25) is 4.90 Å². The Morgan fingerprint density at radius 3 is 2.34 bits per heavy atom. The molecule has 0 saturated carbocycles. The van der Waals surface area contributed by atoms with Gasteiger partial charge in [0.05, 0.1) is 0 Å². The first kappa shape index (κ1) is 47.2. The fraction of sp³-hybridized carbons (Fsp3) is 0.529. The summed E-state index contributed by atoms with van der Waals surface area (Å²) in [6, 6.07) is 11.5. The quantitative estimate of drug-likeness (QED) is 0.125. The number of nitrogens with zero attached hydrogens (tertiary/aromatic N) is 5. The number of terminal acetylenes is 1. The monoisotopic (exact) mass is 807 g/mol. The van der Waals surface area contributed by atoms with Crippen molar-refractivity contribution in [2.45, 2.75) is 131 Å². The number of alkyl halides is 1. The van der Waals surface area contributed by atoms with Gasteiger partial charge in [-0.05, 0) is 80.2 Å². The molecule has 3 atom stereocenters. The second-order valence-electron chi connectivity index (χ2n) is 18.0. The molecule has 2 bridgehead atoms. The molecule has 0 spiro atoms. The molecule has 7 rings (SSSR count). The summed E-state index contributed by atoms with van der Waals surface area (Å²) < 4.78 is 27.0. The van der Waals surface area contributed by atoms with E-state index in [-0.39, 0.29) is 10.8 Å². The third-order valence-corrected chi connectivity index (χ3v) is 11.7. The van der Waals surface area contributed by atoms with Crippen molar-refractivity contribution in [2.24, 2.45) is 5.41 Å². The van der Waals surface area contributed by atoms with Gasteiger partial charge in [-0.1, -0.05) is 103 Å². The summed E-state index contributed by atoms with van der Waals surface area (Å²) in [7, 11) is 0. The lowest BCUT2D eigenvalue weighted by Gasteiger charge is -2.42. The molecule has 59 heavy (non-hydrogen) atoms. The van der Waals surface area contributed by atoms with Gasteiger partial charge in [-0.2, -0.15) is 0 Å². The Morgan fingerprint density at radius 2 is 1.71 bits per heavy atom. The Labute approximate surface area is 355 Å². The number of aromatic nitrogens is 2. The van der Waals surface area contributed by atoms with Crippen LogP contribution in [-0.2, 0) is 5.41 Å². The third kappa shape index (κ3) is 12.1. The molecule has 8 heteroatoms. The van der Waals surface area contributed by atoms with Crippen LogP contribution in [0, 0.1) is 31.6 Å². The number of nitrogens with one attached hydrogen (secondary N) is 1. The Kier molecular flexibility index (Phi) is 16.9. The van der Waals surface area contributed by atoms with Gasteiger partial charge in [0.15, 0.2) is 0 Å². The van der Waals surface area contributed by atoms with E-state index in [1.807, 2.05) is 32.9 Å². The van der Waals surface area contributed by atoms with Gasteiger partial charge in [0.2, 0.25) is 0 Å². The normalized spacial score (nSPS) is 20.4. The van der Waals surface area contributed by atoms with E-state index in [0.29, 0.717) is 49.0 Å². The van der Waals surface area contributed by atoms with E-state index >= 15 is 0 Å². The number of fused-ring (bicyclic) bond motifs is 4. The van der Waals surface area contributed by atoms with E-state index in [1.165, 1.54) is 29.7 Å². The lowest BCUT2D eigenvalue weighted by atomic mass is 9.77. The smallest absolute Gasteiger partial charge is 0.140 e. The van der Waals surface area contributed by atoms with Crippen molar-refractivity contribution in [3.63, 3.8) is 0 Å². The van der Waals surface area contributed by atoms with Crippen molar-refractivity contribution in [1.29, 1.82) is 0 Å². The third-order valence-electron chi connectivity index (χ3n) is 11.7. The van der Waals surface area contributed by atoms with E-state index in [1.54, 1.807) is 0 Å². The summed E-state index contributed by atoms with van der Waals surface area (Å²) in [5, 5.41) is 6.95. The molecule has 6 nitrogen and oxygen atoms in total. The molecule has 2 aromatic carbocycles. The molecule has 4 aliphatic heterocycles. The summed E-state index contributed by atoms with van der Waals surface area (Å²) >= 11 is 0. The van der Waals surface area contributed by atoms with Crippen LogP contribution in [0.4, 0.5) is 14.6 Å². The van der Waals surface area contributed by atoms with Crippen LogP contribution in [0.25, 0.3) is 23.2 Å². The van der Waals surface area contributed by atoms with Crippen LogP contribution in [0.2, 0.25) is 0 Å². The maximum Gasteiger partial charge on any atom is 0.140 e. The number of allylic oxidation sites excluding steroid dienone is 2. The van der Waals surface area contributed by atoms with E-state index in [4.69, 9.17) is 11.4 Å². The highest BCUT2D eigenvalue weighted by Gasteiger charge is 2.40.